The van der Waals surface area contributed by atoms with E-state index in [2.05, 4.69) is 101 Å². The first-order chi connectivity index (χ1) is 63.9. The van der Waals surface area contributed by atoms with Crippen LogP contribution in [-0.2, 0) is 77.1 Å². The molecule has 13 N–H and O–H groups in total. The van der Waals surface area contributed by atoms with Crippen molar-refractivity contribution in [3.63, 3.8) is 0 Å². The van der Waals surface area contributed by atoms with Gasteiger partial charge in [-0.05, 0) is 237 Å². The number of nitrogens with zero attached hydrogens (tertiary/aromatic N) is 7. The zero-order chi connectivity index (χ0) is 93.0. The molecule has 31 heteroatoms. The Bertz CT molecular complexity index is 5140. The molecule has 17 rings (SSSR count). The zero-order valence-corrected chi connectivity index (χ0v) is 75.9. The molecule has 702 valence electrons. The van der Waals surface area contributed by atoms with Gasteiger partial charge in [-0.3, -0.25) is 57.9 Å². The molecule has 0 aliphatic carbocycles. The van der Waals surface area contributed by atoms with Crippen LogP contribution in [0.5, 0.6) is 0 Å². The van der Waals surface area contributed by atoms with Gasteiger partial charge in [-0.1, -0.05) is 91.0 Å². The molecule has 0 bridgehead atoms. The van der Waals surface area contributed by atoms with E-state index in [1.54, 1.807) is 13.8 Å². The third-order valence-corrected chi connectivity index (χ3v) is 25.8. The molecule has 4 unspecified atom stereocenters. The molecule has 0 saturated carbocycles. The van der Waals surface area contributed by atoms with E-state index in [-0.39, 0.29) is 41.7 Å². The van der Waals surface area contributed by atoms with Crippen LogP contribution >= 0.6 is 0 Å². The van der Waals surface area contributed by atoms with Crippen LogP contribution in [0.15, 0.2) is 211 Å². The van der Waals surface area contributed by atoms with E-state index in [9.17, 15) is 58.2 Å². The second-order valence-electron chi connectivity index (χ2n) is 35.6. The summed E-state index contributed by atoms with van der Waals surface area (Å²) in [4.78, 5) is 138. The van der Waals surface area contributed by atoms with Gasteiger partial charge in [0.15, 0.2) is 5.54 Å². The van der Waals surface area contributed by atoms with Crippen molar-refractivity contribution in [2.75, 3.05) is 159 Å². The number of carboxylic acids is 1. The molecule has 31 nitrogen and oxygen atoms in total. The van der Waals surface area contributed by atoms with Crippen LogP contribution in [0.2, 0.25) is 0 Å². The van der Waals surface area contributed by atoms with Crippen LogP contribution in [0.3, 0.4) is 0 Å². The summed E-state index contributed by atoms with van der Waals surface area (Å²) >= 11 is 0. The summed E-state index contributed by atoms with van der Waals surface area (Å²) in [6.45, 7) is 19.6. The Morgan fingerprint density at radius 2 is 0.735 bits per heavy atom. The number of piperidine rings is 4. The Morgan fingerprint density at radius 3 is 1.12 bits per heavy atom. The fraction of sp³-hybridized carbons (Fsp3) is 0.446. The number of hydrogen-bond donors (Lipinski definition) is 12. The van der Waals surface area contributed by atoms with Crippen LogP contribution in [-0.4, -0.2) is 229 Å². The number of nitrogens with two attached hydrogens (primary N) is 1. The molecule has 132 heavy (non-hydrogen) atoms. The number of amides is 7. The minimum Gasteiger partial charge on any atom is -0.509 e. The SMILES string of the molecule is CCOC(=O)C1(N)CCN(Cc2ccccc2)C1.CCOC(=O)C1(NC(=O)CC(=O)Nc2ccc(N3CCCCC3)cc2)CCN(Cc2ccccc2)C1.O=C(Nc1ccc(N2CCCCC2)cc1)C1=C(O)C2(CCN(Cc3ccccc3)C2)NC1=O.O=C(Nc1ccc(N2CCCCC2)cc1)C1=C(O)C2(CCNC2)NC1=O.O=C(O)CC(=O)Nc1ccc(N2CCCCC2)cc1. The molecular formula is C101H128N16O15. The standard InChI is InChI=1S/C28H36N4O4.C26H30N4O3.C19H24N4O3.C14H18N2O3.C14H20N2O2/c1-2-36-27(35)28(15-18-31(21-28)20-22-9-5-3-6-10-22)30-26(34)19-25(33)29-23-11-13-24(14-12-23)32-16-7-4-8-17-32;31-23-22(24(32)27-20-9-11-21(12-10-20)30-14-5-2-6-15-30)25(33)28-26(23)13-16-29(18-26)17-19-7-3-1-4-8-19;24-16-15(18(26)22-19(16)8-9-20-12-19)17(25)21-13-4-6-14(7-5-13)23-10-2-1-3-11-23;17-13(10-14(18)19)15-11-4-6-12(7-5-11)16-8-2-1-3-9-16;1-2-18-13(17)14(15)8-9-16(11-14)10-12-6-4-3-5-7-12/h3,5-6,9-14H,2,4,7-8,15-21H2,1H3,(H,29,33)(H,30,34);1,3-4,7-12,31H,2,5-6,13-18H2,(H,27,32)(H,28,33);4-7,20,24H,1-3,8-12H2,(H,21,25)(H,22,26);4-7H,1-3,8-10H2,(H,15,17)(H,18,19);3-7H,2,8-11,15H2,1H3. The highest BCUT2D eigenvalue weighted by atomic mass is 16.5. The van der Waals surface area contributed by atoms with Gasteiger partial charge >= 0.3 is 17.9 Å². The fourth-order valence-corrected chi connectivity index (χ4v) is 18.8. The average molecular weight is 1810 g/mol. The molecule has 7 amide bonds. The van der Waals surface area contributed by atoms with Gasteiger partial charge in [-0.2, -0.15) is 0 Å². The second kappa shape index (κ2) is 46.4. The maximum Gasteiger partial charge on any atom is 0.333 e. The van der Waals surface area contributed by atoms with E-state index in [0.29, 0.717) is 101 Å². The van der Waals surface area contributed by atoms with E-state index in [1.165, 1.54) is 88.2 Å². The normalized spacial score (nSPS) is 21.8. The number of esters is 2. The molecule has 7 aromatic carbocycles. The Labute approximate surface area is 772 Å². The number of aliphatic hydroxyl groups excluding tert-OH is 2. The van der Waals surface area contributed by atoms with Crippen molar-refractivity contribution >= 4 is 105 Å². The molecule has 4 atom stereocenters. The van der Waals surface area contributed by atoms with Gasteiger partial charge in [0.2, 0.25) is 17.7 Å². The lowest BCUT2D eigenvalue weighted by atomic mass is 9.96. The number of hydrogen-bond acceptors (Lipinski definition) is 23. The molecule has 2 spiro atoms. The first kappa shape index (κ1) is 96.9. The molecule has 10 aliphatic rings. The largest absolute Gasteiger partial charge is 0.509 e. The number of anilines is 8. The first-order valence-electron chi connectivity index (χ1n) is 46.7. The van der Waals surface area contributed by atoms with Gasteiger partial charge in [-0.25, -0.2) is 4.79 Å². The molecule has 0 radical (unpaired) electrons. The summed E-state index contributed by atoms with van der Waals surface area (Å²) < 4.78 is 10.3. The van der Waals surface area contributed by atoms with Crippen LogP contribution in [0, 0.1) is 0 Å². The smallest absolute Gasteiger partial charge is 0.333 e. The Balaban J connectivity index is 0.000000144. The summed E-state index contributed by atoms with van der Waals surface area (Å²) in [6.07, 6.45) is 16.1. The number of carbonyl (C=O) groups excluding carboxylic acids is 9. The maximum absolute atomic E-state index is 12.9. The monoisotopic (exact) mass is 1800 g/mol. The van der Waals surface area contributed by atoms with E-state index in [1.807, 2.05) is 164 Å². The predicted octanol–water partition coefficient (Wildman–Crippen LogP) is 11.1. The Hall–Kier alpha value is -12.7. The molecule has 7 aromatic rings. The zero-order valence-electron chi connectivity index (χ0n) is 75.9. The summed E-state index contributed by atoms with van der Waals surface area (Å²) in [5, 5.41) is 52.4. The van der Waals surface area contributed by atoms with Crippen molar-refractivity contribution in [1.82, 2.24) is 36.0 Å². The molecule has 10 heterocycles. The van der Waals surface area contributed by atoms with Crippen LogP contribution in [0.1, 0.15) is 146 Å². The highest BCUT2D eigenvalue weighted by Crippen LogP contribution is 2.38. The number of likely N-dealkylation sites (tertiary alicyclic amines) is 3. The van der Waals surface area contributed by atoms with Gasteiger partial charge in [0.05, 0.1) is 13.2 Å². The van der Waals surface area contributed by atoms with Crippen LogP contribution in [0.4, 0.5) is 45.5 Å². The van der Waals surface area contributed by atoms with Crippen molar-refractivity contribution in [1.29, 1.82) is 0 Å². The van der Waals surface area contributed by atoms with Crippen molar-refractivity contribution in [3.05, 3.63) is 227 Å². The molecule has 0 aromatic heterocycles. The number of aliphatic hydroxyl groups is 2. The summed E-state index contributed by atoms with van der Waals surface area (Å²) in [5.41, 5.74) is 12.6. The van der Waals surface area contributed by atoms with E-state index >= 15 is 0 Å². The third kappa shape index (κ3) is 26.2. The van der Waals surface area contributed by atoms with Crippen LogP contribution in [0.25, 0.3) is 0 Å². The molecule has 8 fully saturated rings. The molecule has 10 aliphatic heterocycles. The van der Waals surface area contributed by atoms with Crippen molar-refractivity contribution in [2.24, 2.45) is 5.73 Å². The average Bonchev–Trinajstić information content (AvgIpc) is 1.62. The minimum atomic E-state index is -1.15. The summed E-state index contributed by atoms with van der Waals surface area (Å²) in [7, 11) is 0. The summed E-state index contributed by atoms with van der Waals surface area (Å²) in [5.74, 6) is -5.76. The highest BCUT2D eigenvalue weighted by Gasteiger charge is 2.53. The third-order valence-electron chi connectivity index (χ3n) is 25.8. The van der Waals surface area contributed by atoms with Gasteiger partial charge in [0, 0.05) is 163 Å². The number of nitrogens with one attached hydrogen (secondary N) is 8. The highest BCUT2D eigenvalue weighted by molar-refractivity contribution is 6.26. The number of aliphatic carboxylic acids is 1. The first-order valence-corrected chi connectivity index (χ1v) is 46.7. The number of carboxylic acid groups (broad SMARTS) is 1. The second-order valence-corrected chi connectivity index (χ2v) is 35.6. The van der Waals surface area contributed by atoms with Gasteiger partial charge in [0.1, 0.15) is 52.1 Å². The van der Waals surface area contributed by atoms with Crippen molar-refractivity contribution < 1.29 is 72.7 Å². The van der Waals surface area contributed by atoms with Gasteiger partial charge in [0.25, 0.3) is 23.6 Å². The van der Waals surface area contributed by atoms with E-state index in [0.717, 1.165) is 107 Å². The quantitative estimate of drug-likeness (QED) is 0.0144. The van der Waals surface area contributed by atoms with Crippen molar-refractivity contribution in [2.45, 2.75) is 171 Å². The van der Waals surface area contributed by atoms with Crippen molar-refractivity contribution in [3.8, 4) is 0 Å². The minimum absolute atomic E-state index is 0.148. The van der Waals surface area contributed by atoms with E-state index < -0.39 is 81.9 Å². The van der Waals surface area contributed by atoms with E-state index in [4.69, 9.17) is 20.3 Å². The lowest BCUT2D eigenvalue weighted by Crippen LogP contribution is -2.57. The number of ether oxygens (including phenoxy) is 2. The van der Waals surface area contributed by atoms with Gasteiger partial charge in [-0.15, -0.1) is 0 Å². The molecule has 8 saturated heterocycles. The Kier molecular flexibility index (Phi) is 34.1. The number of benzene rings is 7. The molecular weight excluding hydrogens is 1680 g/mol. The maximum atomic E-state index is 12.9. The predicted molar refractivity (Wildman–Crippen MR) is 510 cm³/mol. The summed E-state index contributed by atoms with van der Waals surface area (Å²) in [6, 6.07) is 60.8. The number of carbonyl (C=O) groups is 10. The van der Waals surface area contributed by atoms with Gasteiger partial charge < -0.3 is 92.7 Å². The van der Waals surface area contributed by atoms with Crippen LogP contribution < -0.4 is 67.9 Å². The Morgan fingerprint density at radius 1 is 0.386 bits per heavy atom. The topological polar surface area (TPSA) is 395 Å². The number of rotatable bonds is 25. The fourth-order valence-electron chi connectivity index (χ4n) is 18.8. The lowest BCUT2D eigenvalue weighted by Gasteiger charge is -2.29. The lowest BCUT2D eigenvalue weighted by molar-refractivity contribution is -0.153.